The van der Waals surface area contributed by atoms with E-state index in [1.807, 2.05) is 31.2 Å². The summed E-state index contributed by atoms with van der Waals surface area (Å²) < 4.78 is 26.1. The lowest BCUT2D eigenvalue weighted by Crippen LogP contribution is -2.41. The Bertz CT molecular complexity index is 1380. The third kappa shape index (κ3) is 5.05. The Morgan fingerprint density at radius 3 is 2.38 bits per heavy atom. The zero-order chi connectivity index (χ0) is 22.7. The zero-order valence-corrected chi connectivity index (χ0v) is 19.3. The van der Waals surface area contributed by atoms with Crippen LogP contribution in [0.15, 0.2) is 77.7 Å². The van der Waals surface area contributed by atoms with Gasteiger partial charge in [-0.3, -0.25) is 10.2 Å². The SMILES string of the molecule is Cc1ccc(S(=O)(=O)NNC(=O)/C(=C\c2ccc(Cl)cc2)c2nc3ccccc3s2)cc1. The topological polar surface area (TPSA) is 88.2 Å². The van der Waals surface area contributed by atoms with E-state index in [1.165, 1.54) is 23.5 Å². The molecule has 0 saturated carbocycles. The molecule has 0 aliphatic carbocycles. The minimum atomic E-state index is -3.93. The number of fused-ring (bicyclic) bond motifs is 1. The Morgan fingerprint density at radius 2 is 1.69 bits per heavy atom. The number of hydrazine groups is 1. The fourth-order valence-corrected chi connectivity index (χ4v) is 4.84. The molecule has 1 aromatic heterocycles. The first kappa shape index (κ1) is 22.2. The predicted molar refractivity (Wildman–Crippen MR) is 129 cm³/mol. The van der Waals surface area contributed by atoms with Gasteiger partial charge in [-0.05, 0) is 55.0 Å². The van der Waals surface area contributed by atoms with Gasteiger partial charge in [-0.1, -0.05) is 53.6 Å². The fourth-order valence-electron chi connectivity index (χ4n) is 2.89. The molecule has 9 heteroatoms. The summed E-state index contributed by atoms with van der Waals surface area (Å²) in [6.07, 6.45) is 1.64. The van der Waals surface area contributed by atoms with Crippen molar-refractivity contribution in [2.45, 2.75) is 11.8 Å². The summed E-state index contributed by atoms with van der Waals surface area (Å²) in [6, 6.07) is 20.8. The lowest BCUT2D eigenvalue weighted by molar-refractivity contribution is -0.116. The molecule has 4 aromatic rings. The van der Waals surface area contributed by atoms with E-state index in [1.54, 1.807) is 42.5 Å². The van der Waals surface area contributed by atoms with E-state index in [2.05, 4.69) is 15.2 Å². The molecule has 4 rings (SSSR count). The van der Waals surface area contributed by atoms with Gasteiger partial charge in [0.2, 0.25) is 0 Å². The van der Waals surface area contributed by atoms with E-state index < -0.39 is 15.9 Å². The second kappa shape index (κ2) is 9.22. The molecule has 3 aromatic carbocycles. The number of hydrogen-bond donors (Lipinski definition) is 2. The van der Waals surface area contributed by atoms with Gasteiger partial charge >= 0.3 is 0 Å². The third-order valence-corrected chi connectivity index (χ3v) is 7.17. The van der Waals surface area contributed by atoms with Crippen molar-refractivity contribution in [3.63, 3.8) is 0 Å². The minimum absolute atomic E-state index is 0.0478. The molecule has 0 aliphatic rings. The van der Waals surface area contributed by atoms with Crippen molar-refractivity contribution >= 4 is 60.7 Å². The Kier molecular flexibility index (Phi) is 6.38. The molecule has 32 heavy (non-hydrogen) atoms. The van der Waals surface area contributed by atoms with Crippen LogP contribution in [0.25, 0.3) is 21.9 Å². The molecule has 0 fully saturated rings. The van der Waals surface area contributed by atoms with Gasteiger partial charge in [0.1, 0.15) is 5.01 Å². The van der Waals surface area contributed by atoms with Gasteiger partial charge in [-0.25, -0.2) is 13.4 Å². The Morgan fingerprint density at radius 1 is 1.00 bits per heavy atom. The summed E-state index contributed by atoms with van der Waals surface area (Å²) in [5, 5.41) is 1.03. The summed E-state index contributed by atoms with van der Waals surface area (Å²) >= 11 is 7.31. The Balaban J connectivity index is 1.65. The number of carbonyl (C=O) groups excluding carboxylic acids is 1. The summed E-state index contributed by atoms with van der Waals surface area (Å²) in [7, 11) is -3.93. The number of rotatable bonds is 6. The van der Waals surface area contributed by atoms with Crippen LogP contribution in [0.4, 0.5) is 0 Å². The maximum absolute atomic E-state index is 13.1. The number of sulfonamides is 1. The van der Waals surface area contributed by atoms with Gasteiger partial charge in [0.15, 0.2) is 0 Å². The molecule has 0 radical (unpaired) electrons. The Labute approximate surface area is 194 Å². The largest absolute Gasteiger partial charge is 0.273 e. The number of carbonyl (C=O) groups is 1. The highest BCUT2D eigenvalue weighted by atomic mass is 35.5. The van der Waals surface area contributed by atoms with Crippen LogP contribution < -0.4 is 10.3 Å². The number of thiazole rings is 1. The van der Waals surface area contributed by atoms with Gasteiger partial charge < -0.3 is 0 Å². The maximum atomic E-state index is 13.1. The van der Waals surface area contributed by atoms with Crippen molar-refractivity contribution in [2.24, 2.45) is 0 Å². The van der Waals surface area contributed by atoms with Crippen LogP contribution in [0.3, 0.4) is 0 Å². The van der Waals surface area contributed by atoms with Gasteiger partial charge in [0.05, 0.1) is 20.7 Å². The van der Waals surface area contributed by atoms with Gasteiger partial charge in [0.25, 0.3) is 15.9 Å². The number of halogens is 1. The highest BCUT2D eigenvalue weighted by Crippen LogP contribution is 2.28. The molecule has 0 spiro atoms. The second-order valence-electron chi connectivity index (χ2n) is 6.97. The normalized spacial score (nSPS) is 12.1. The van der Waals surface area contributed by atoms with Gasteiger partial charge in [-0.15, -0.1) is 16.2 Å². The van der Waals surface area contributed by atoms with Crippen molar-refractivity contribution in [1.29, 1.82) is 0 Å². The van der Waals surface area contributed by atoms with Crippen LogP contribution in [0.5, 0.6) is 0 Å². The second-order valence-corrected chi connectivity index (χ2v) is 10.1. The van der Waals surface area contributed by atoms with Crippen molar-refractivity contribution in [1.82, 2.24) is 15.2 Å². The van der Waals surface area contributed by atoms with Crippen molar-refractivity contribution in [2.75, 3.05) is 0 Å². The van der Waals surface area contributed by atoms with E-state index in [0.717, 1.165) is 21.3 Å². The number of amides is 1. The van der Waals surface area contributed by atoms with Crippen LogP contribution in [-0.2, 0) is 14.8 Å². The maximum Gasteiger partial charge on any atom is 0.269 e. The molecule has 162 valence electrons. The van der Waals surface area contributed by atoms with E-state index in [9.17, 15) is 13.2 Å². The summed E-state index contributed by atoms with van der Waals surface area (Å²) in [6.45, 7) is 1.86. The standard InChI is InChI=1S/C23H18ClN3O3S2/c1-15-6-12-18(13-7-15)32(29,30)27-26-22(28)19(14-16-8-10-17(24)11-9-16)23-25-20-4-2-3-5-21(20)31-23/h2-14,27H,1H3,(H,26,28)/b19-14+. The quantitative estimate of drug-likeness (QED) is 0.304. The smallest absolute Gasteiger partial charge is 0.269 e. The summed E-state index contributed by atoms with van der Waals surface area (Å²) in [4.78, 5) is 19.8. The van der Waals surface area contributed by atoms with E-state index in [0.29, 0.717) is 10.0 Å². The summed E-state index contributed by atoms with van der Waals surface area (Å²) in [5.41, 5.74) is 4.93. The molecule has 6 nitrogen and oxygen atoms in total. The third-order valence-electron chi connectivity index (χ3n) is 4.58. The molecule has 0 bridgehead atoms. The molecule has 2 N–H and O–H groups in total. The number of benzene rings is 3. The average molecular weight is 484 g/mol. The van der Waals surface area contributed by atoms with Crippen molar-refractivity contribution < 1.29 is 13.2 Å². The molecule has 0 unspecified atom stereocenters. The highest BCUT2D eigenvalue weighted by Gasteiger charge is 2.20. The van der Waals surface area contributed by atoms with Crippen LogP contribution in [0.2, 0.25) is 5.02 Å². The van der Waals surface area contributed by atoms with Crippen LogP contribution >= 0.6 is 22.9 Å². The molecular weight excluding hydrogens is 466 g/mol. The first-order chi connectivity index (χ1) is 15.3. The molecule has 0 saturated heterocycles. The lowest BCUT2D eigenvalue weighted by atomic mass is 10.1. The van der Waals surface area contributed by atoms with Crippen LogP contribution in [0.1, 0.15) is 16.1 Å². The minimum Gasteiger partial charge on any atom is -0.273 e. The van der Waals surface area contributed by atoms with E-state index in [4.69, 9.17) is 11.6 Å². The first-order valence-corrected chi connectivity index (χ1v) is 12.2. The van der Waals surface area contributed by atoms with Crippen molar-refractivity contribution in [3.05, 3.63) is 94.0 Å². The lowest BCUT2D eigenvalue weighted by Gasteiger charge is -2.10. The summed E-state index contributed by atoms with van der Waals surface area (Å²) in [5.74, 6) is -0.630. The number of nitrogens with zero attached hydrogens (tertiary/aromatic N) is 1. The number of hydrogen-bond acceptors (Lipinski definition) is 5. The predicted octanol–water partition coefficient (Wildman–Crippen LogP) is 4.81. The molecular formula is C23H18ClN3O3S2. The molecule has 0 aliphatic heterocycles. The highest BCUT2D eigenvalue weighted by molar-refractivity contribution is 7.89. The van der Waals surface area contributed by atoms with Gasteiger partial charge in [0, 0.05) is 5.02 Å². The number of nitrogens with one attached hydrogen (secondary N) is 2. The average Bonchev–Trinajstić information content (AvgIpc) is 3.21. The monoisotopic (exact) mass is 483 g/mol. The molecule has 0 atom stereocenters. The van der Waals surface area contributed by atoms with Crippen LogP contribution in [0, 0.1) is 6.92 Å². The Hall–Kier alpha value is -3.04. The first-order valence-electron chi connectivity index (χ1n) is 9.54. The van der Waals surface area contributed by atoms with Crippen LogP contribution in [-0.4, -0.2) is 19.3 Å². The number of aromatic nitrogens is 1. The van der Waals surface area contributed by atoms with E-state index in [-0.39, 0.29) is 10.5 Å². The zero-order valence-electron chi connectivity index (χ0n) is 16.9. The fraction of sp³-hybridized carbons (Fsp3) is 0.0435. The van der Waals surface area contributed by atoms with Crippen molar-refractivity contribution in [3.8, 4) is 0 Å². The molecule has 1 heterocycles. The number of aryl methyl sites for hydroxylation is 1. The number of para-hydroxylation sites is 1. The van der Waals surface area contributed by atoms with Gasteiger partial charge in [-0.2, -0.15) is 0 Å². The van der Waals surface area contributed by atoms with E-state index >= 15 is 0 Å². The molecule has 1 amide bonds.